The molecule has 20 heavy (non-hydrogen) atoms. The number of aryl methyl sites for hydroxylation is 1. The predicted octanol–water partition coefficient (Wildman–Crippen LogP) is 3.47. The molecular formula is C14H19F3N2O. The predicted molar refractivity (Wildman–Crippen MR) is 72.3 cm³/mol. The first-order valence-corrected chi connectivity index (χ1v) is 6.47. The lowest BCUT2D eigenvalue weighted by Gasteiger charge is -2.14. The molecular weight excluding hydrogens is 269 g/mol. The van der Waals surface area contributed by atoms with Crippen LogP contribution < -0.4 is 11.1 Å². The Bertz CT molecular complexity index is 472. The fourth-order valence-corrected chi connectivity index (χ4v) is 1.93. The third-order valence-electron chi connectivity index (χ3n) is 2.93. The first kappa shape index (κ1) is 16.5. The van der Waals surface area contributed by atoms with Gasteiger partial charge in [-0.2, -0.15) is 13.2 Å². The Labute approximate surface area is 116 Å². The van der Waals surface area contributed by atoms with Gasteiger partial charge in [0, 0.05) is 18.2 Å². The molecule has 6 heteroatoms. The number of halogens is 3. The Morgan fingerprint density at radius 3 is 2.60 bits per heavy atom. The lowest BCUT2D eigenvalue weighted by molar-refractivity contribution is -0.138. The summed E-state index contributed by atoms with van der Waals surface area (Å²) in [6, 6.07) is 3.46. The number of hydrogen-bond donors (Lipinski definition) is 2. The van der Waals surface area contributed by atoms with Crippen molar-refractivity contribution in [1.82, 2.24) is 0 Å². The highest BCUT2D eigenvalue weighted by molar-refractivity contribution is 5.91. The van der Waals surface area contributed by atoms with Crippen LogP contribution in [0.5, 0.6) is 0 Å². The maximum Gasteiger partial charge on any atom is 0.416 e. The molecule has 0 saturated carbocycles. The van der Waals surface area contributed by atoms with Crippen molar-refractivity contribution in [3.63, 3.8) is 0 Å². The summed E-state index contributed by atoms with van der Waals surface area (Å²) < 4.78 is 38.2. The normalized spacial score (nSPS) is 13.1. The maximum absolute atomic E-state index is 12.7. The number of carbonyl (C=O) groups is 1. The van der Waals surface area contributed by atoms with Crippen molar-refractivity contribution in [2.45, 2.75) is 45.3 Å². The lowest BCUT2D eigenvalue weighted by atomic mass is 10.1. The molecule has 0 heterocycles. The average molecular weight is 288 g/mol. The van der Waals surface area contributed by atoms with Crippen LogP contribution in [0, 0.1) is 6.92 Å². The molecule has 0 aliphatic rings. The van der Waals surface area contributed by atoms with Gasteiger partial charge in [-0.25, -0.2) is 0 Å². The summed E-state index contributed by atoms with van der Waals surface area (Å²) in [6.07, 6.45) is -2.77. The van der Waals surface area contributed by atoms with E-state index in [1.54, 1.807) is 0 Å². The van der Waals surface area contributed by atoms with Crippen LogP contribution in [0.3, 0.4) is 0 Å². The van der Waals surface area contributed by atoms with E-state index in [1.807, 2.05) is 6.92 Å². The number of hydrogen-bond acceptors (Lipinski definition) is 2. The highest BCUT2D eigenvalue weighted by atomic mass is 19.4. The van der Waals surface area contributed by atoms with Crippen LogP contribution in [0.4, 0.5) is 18.9 Å². The number of alkyl halides is 3. The standard InChI is InChI=1S/C14H19F3N2O/c1-3-4-10(18)7-13(20)19-11-6-5-9(2)12(8-11)14(15,16)17/h5-6,8,10H,3-4,7,18H2,1-2H3,(H,19,20). The van der Waals surface area contributed by atoms with E-state index in [2.05, 4.69) is 5.32 Å². The second-order valence-electron chi connectivity index (χ2n) is 4.83. The van der Waals surface area contributed by atoms with Crippen LogP contribution in [0.1, 0.15) is 37.3 Å². The molecule has 1 amide bonds. The fraction of sp³-hybridized carbons (Fsp3) is 0.500. The van der Waals surface area contributed by atoms with Crippen molar-refractivity contribution < 1.29 is 18.0 Å². The number of carbonyl (C=O) groups excluding carboxylic acids is 1. The van der Waals surface area contributed by atoms with E-state index >= 15 is 0 Å². The van der Waals surface area contributed by atoms with Gasteiger partial charge < -0.3 is 11.1 Å². The van der Waals surface area contributed by atoms with E-state index in [1.165, 1.54) is 19.1 Å². The Hall–Kier alpha value is -1.56. The molecule has 0 aliphatic heterocycles. The van der Waals surface area contributed by atoms with Gasteiger partial charge in [-0.05, 0) is 31.0 Å². The van der Waals surface area contributed by atoms with E-state index in [-0.39, 0.29) is 29.6 Å². The van der Waals surface area contributed by atoms with Gasteiger partial charge >= 0.3 is 6.18 Å². The zero-order chi connectivity index (χ0) is 15.3. The van der Waals surface area contributed by atoms with Crippen molar-refractivity contribution in [1.29, 1.82) is 0 Å². The van der Waals surface area contributed by atoms with Crippen LogP contribution in [-0.2, 0) is 11.0 Å². The molecule has 1 atom stereocenters. The fourth-order valence-electron chi connectivity index (χ4n) is 1.93. The Kier molecular flexibility index (Phi) is 5.56. The average Bonchev–Trinajstić information content (AvgIpc) is 2.30. The SMILES string of the molecule is CCCC(N)CC(=O)Nc1ccc(C)c(C(F)(F)F)c1. The topological polar surface area (TPSA) is 55.1 Å². The van der Waals surface area contributed by atoms with Gasteiger partial charge in [-0.15, -0.1) is 0 Å². The van der Waals surface area contributed by atoms with Crippen LogP contribution in [0.2, 0.25) is 0 Å². The molecule has 3 nitrogen and oxygen atoms in total. The molecule has 0 radical (unpaired) electrons. The van der Waals surface area contributed by atoms with Gasteiger partial charge in [-0.3, -0.25) is 4.79 Å². The molecule has 0 aliphatic carbocycles. The van der Waals surface area contributed by atoms with Gasteiger partial charge in [0.2, 0.25) is 5.91 Å². The second kappa shape index (κ2) is 6.74. The van der Waals surface area contributed by atoms with Crippen molar-refractivity contribution in [3.05, 3.63) is 29.3 Å². The summed E-state index contributed by atoms with van der Waals surface area (Å²) in [5, 5.41) is 2.45. The molecule has 0 fully saturated rings. The van der Waals surface area contributed by atoms with Crippen LogP contribution in [-0.4, -0.2) is 11.9 Å². The zero-order valence-corrected chi connectivity index (χ0v) is 11.6. The third kappa shape index (κ3) is 4.85. The number of rotatable bonds is 5. The van der Waals surface area contributed by atoms with E-state index in [0.717, 1.165) is 12.5 Å². The smallest absolute Gasteiger partial charge is 0.327 e. The lowest BCUT2D eigenvalue weighted by Crippen LogP contribution is -2.27. The Morgan fingerprint density at radius 2 is 2.05 bits per heavy atom. The quantitative estimate of drug-likeness (QED) is 0.871. The monoisotopic (exact) mass is 288 g/mol. The summed E-state index contributed by atoms with van der Waals surface area (Å²) in [4.78, 5) is 11.7. The molecule has 1 rings (SSSR count). The van der Waals surface area contributed by atoms with Crippen molar-refractivity contribution in [2.24, 2.45) is 5.73 Å². The highest BCUT2D eigenvalue weighted by Gasteiger charge is 2.32. The van der Waals surface area contributed by atoms with E-state index < -0.39 is 11.7 Å². The van der Waals surface area contributed by atoms with Crippen molar-refractivity contribution >= 4 is 11.6 Å². The molecule has 112 valence electrons. The molecule has 0 saturated heterocycles. The summed E-state index contributed by atoms with van der Waals surface area (Å²) in [5.74, 6) is -0.372. The molecule has 1 unspecified atom stereocenters. The van der Waals surface area contributed by atoms with Crippen LogP contribution in [0.15, 0.2) is 18.2 Å². The van der Waals surface area contributed by atoms with Crippen LogP contribution in [0.25, 0.3) is 0 Å². The summed E-state index contributed by atoms with van der Waals surface area (Å²) >= 11 is 0. The minimum Gasteiger partial charge on any atom is -0.327 e. The molecule has 1 aromatic carbocycles. The Balaban J connectivity index is 2.76. The first-order chi connectivity index (χ1) is 9.24. The Morgan fingerprint density at radius 1 is 1.40 bits per heavy atom. The number of nitrogens with one attached hydrogen (secondary N) is 1. The third-order valence-corrected chi connectivity index (χ3v) is 2.93. The number of nitrogens with two attached hydrogens (primary N) is 1. The molecule has 3 N–H and O–H groups in total. The van der Waals surface area contributed by atoms with E-state index in [0.29, 0.717) is 6.42 Å². The summed E-state index contributed by atoms with van der Waals surface area (Å²) in [5.41, 5.74) is 5.24. The van der Waals surface area contributed by atoms with Crippen LogP contribution >= 0.6 is 0 Å². The van der Waals surface area contributed by atoms with Gasteiger partial charge in [0.1, 0.15) is 0 Å². The minimum absolute atomic E-state index is 0.100. The zero-order valence-electron chi connectivity index (χ0n) is 11.6. The van der Waals surface area contributed by atoms with Crippen molar-refractivity contribution in [3.8, 4) is 0 Å². The molecule has 0 aromatic heterocycles. The number of amides is 1. The van der Waals surface area contributed by atoms with Gasteiger partial charge in [-0.1, -0.05) is 19.4 Å². The molecule has 0 bridgehead atoms. The van der Waals surface area contributed by atoms with E-state index in [9.17, 15) is 18.0 Å². The minimum atomic E-state index is -4.43. The number of anilines is 1. The summed E-state index contributed by atoms with van der Waals surface area (Å²) in [6.45, 7) is 3.33. The largest absolute Gasteiger partial charge is 0.416 e. The van der Waals surface area contributed by atoms with Gasteiger partial charge in [0.05, 0.1) is 5.56 Å². The molecule has 1 aromatic rings. The van der Waals surface area contributed by atoms with Gasteiger partial charge in [0.25, 0.3) is 0 Å². The highest BCUT2D eigenvalue weighted by Crippen LogP contribution is 2.33. The summed E-state index contributed by atoms with van der Waals surface area (Å²) in [7, 11) is 0. The van der Waals surface area contributed by atoms with Crippen molar-refractivity contribution in [2.75, 3.05) is 5.32 Å². The molecule has 0 spiro atoms. The van der Waals surface area contributed by atoms with Gasteiger partial charge in [0.15, 0.2) is 0 Å². The number of benzene rings is 1. The van der Waals surface area contributed by atoms with E-state index in [4.69, 9.17) is 5.73 Å². The first-order valence-electron chi connectivity index (χ1n) is 6.47. The second-order valence-corrected chi connectivity index (χ2v) is 4.83. The maximum atomic E-state index is 12.7.